The fraction of sp³-hybridized carbons (Fsp3) is 0.296. The van der Waals surface area contributed by atoms with Crippen LogP contribution in [0.5, 0.6) is 17.2 Å². The van der Waals surface area contributed by atoms with Gasteiger partial charge in [-0.1, -0.05) is 51.1 Å². The number of hydrogen-bond acceptors (Lipinski definition) is 5. The highest BCUT2D eigenvalue weighted by Crippen LogP contribution is 2.45. The van der Waals surface area contributed by atoms with Gasteiger partial charge in [0.05, 0.1) is 0 Å². The summed E-state index contributed by atoms with van der Waals surface area (Å²) in [7, 11) is -4.35. The summed E-state index contributed by atoms with van der Waals surface area (Å²) in [6, 6.07) is 19.7. The van der Waals surface area contributed by atoms with Crippen molar-refractivity contribution < 1.29 is 28.0 Å². The Morgan fingerprint density at radius 1 is 0.824 bits per heavy atom. The standard InChI is InChI=1S/C27H31O6P/c1-6-7-26(28)31-23-12-8-21(9-13-23)27(4,5)22-10-14-24(15-11-22)32-34(29,30)33-25-17-19(2)16-20(3)18-25/h8-18H,6-7H2,1-5H3,(H,29,30). The van der Waals surface area contributed by atoms with Crippen LogP contribution >= 0.6 is 7.82 Å². The Balaban J connectivity index is 1.70. The van der Waals surface area contributed by atoms with Crippen LogP contribution in [0.25, 0.3) is 0 Å². The Kier molecular flexibility index (Phi) is 7.86. The van der Waals surface area contributed by atoms with E-state index < -0.39 is 7.82 Å². The quantitative estimate of drug-likeness (QED) is 0.203. The molecule has 0 aromatic heterocycles. The van der Waals surface area contributed by atoms with E-state index in [0.29, 0.717) is 12.2 Å². The lowest BCUT2D eigenvalue weighted by atomic mass is 9.78. The first-order valence-corrected chi connectivity index (χ1v) is 12.7. The lowest BCUT2D eigenvalue weighted by Crippen LogP contribution is -2.18. The molecule has 3 aromatic carbocycles. The molecule has 0 aliphatic rings. The van der Waals surface area contributed by atoms with Crippen molar-refractivity contribution in [3.05, 3.63) is 89.0 Å². The molecule has 0 heterocycles. The molecule has 0 amide bonds. The number of benzene rings is 3. The molecule has 0 saturated heterocycles. The summed E-state index contributed by atoms with van der Waals surface area (Å²) in [5, 5.41) is 0. The van der Waals surface area contributed by atoms with Crippen molar-refractivity contribution in [1.82, 2.24) is 0 Å². The SMILES string of the molecule is CCCC(=O)Oc1ccc(C(C)(C)c2ccc(OP(=O)(O)Oc3cc(C)cc(C)c3)cc2)cc1. The summed E-state index contributed by atoms with van der Waals surface area (Å²) >= 11 is 0. The molecule has 1 N–H and O–H groups in total. The third-order valence-corrected chi connectivity index (χ3v) is 6.36. The molecule has 0 radical (unpaired) electrons. The normalized spacial score (nSPS) is 13.1. The summed E-state index contributed by atoms with van der Waals surface area (Å²) < 4.78 is 28.3. The average molecular weight is 483 g/mol. The maximum absolute atomic E-state index is 12.5. The zero-order chi connectivity index (χ0) is 24.9. The molecule has 7 heteroatoms. The largest absolute Gasteiger partial charge is 0.584 e. The number of rotatable bonds is 9. The average Bonchev–Trinajstić information content (AvgIpc) is 2.73. The van der Waals surface area contributed by atoms with Crippen LogP contribution in [0.2, 0.25) is 0 Å². The van der Waals surface area contributed by atoms with Crippen molar-refractivity contribution in [3.63, 3.8) is 0 Å². The van der Waals surface area contributed by atoms with E-state index in [-0.39, 0.29) is 22.9 Å². The summed E-state index contributed by atoms with van der Waals surface area (Å²) in [6.45, 7) is 9.84. The third kappa shape index (κ3) is 6.72. The Labute approximate surface area is 201 Å². The number of aryl methyl sites for hydroxylation is 2. The van der Waals surface area contributed by atoms with Crippen molar-refractivity contribution in [2.75, 3.05) is 0 Å². The van der Waals surface area contributed by atoms with Crippen molar-refractivity contribution in [2.45, 2.75) is 52.9 Å². The van der Waals surface area contributed by atoms with Crippen LogP contribution in [0.15, 0.2) is 66.7 Å². The molecule has 0 aliphatic heterocycles. The van der Waals surface area contributed by atoms with E-state index in [2.05, 4.69) is 13.8 Å². The van der Waals surface area contributed by atoms with Gasteiger partial charge in [-0.15, -0.1) is 0 Å². The molecule has 0 aliphatic carbocycles. The second-order valence-electron chi connectivity index (χ2n) is 8.87. The second-order valence-corrected chi connectivity index (χ2v) is 10.2. The zero-order valence-corrected chi connectivity index (χ0v) is 21.1. The first-order chi connectivity index (χ1) is 16.0. The number of ether oxygens (including phenoxy) is 1. The topological polar surface area (TPSA) is 82.1 Å². The minimum Gasteiger partial charge on any atom is -0.427 e. The van der Waals surface area contributed by atoms with E-state index in [1.54, 1.807) is 36.4 Å². The third-order valence-electron chi connectivity index (χ3n) is 5.47. The van der Waals surface area contributed by atoms with Gasteiger partial charge in [-0.05, 0) is 78.9 Å². The fourth-order valence-corrected chi connectivity index (χ4v) is 4.49. The summed E-state index contributed by atoms with van der Waals surface area (Å²) in [6.07, 6.45) is 1.13. The van der Waals surface area contributed by atoms with Gasteiger partial charge in [-0.2, -0.15) is 0 Å². The molecule has 1 unspecified atom stereocenters. The molecule has 0 fully saturated rings. The van der Waals surface area contributed by atoms with Gasteiger partial charge in [-0.3, -0.25) is 9.69 Å². The van der Waals surface area contributed by atoms with Gasteiger partial charge in [0.1, 0.15) is 17.2 Å². The maximum Gasteiger partial charge on any atom is 0.584 e. The monoisotopic (exact) mass is 482 g/mol. The van der Waals surface area contributed by atoms with E-state index in [1.165, 1.54) is 0 Å². The van der Waals surface area contributed by atoms with Gasteiger partial charge in [0.15, 0.2) is 0 Å². The van der Waals surface area contributed by atoms with Crippen molar-refractivity contribution >= 4 is 13.8 Å². The Bertz CT molecular complexity index is 1160. The Hall–Kier alpha value is -3.08. The minimum atomic E-state index is -4.35. The van der Waals surface area contributed by atoms with Crippen LogP contribution < -0.4 is 13.8 Å². The zero-order valence-electron chi connectivity index (χ0n) is 20.2. The van der Waals surface area contributed by atoms with Gasteiger partial charge >= 0.3 is 13.8 Å². The molecule has 3 aromatic rings. The summed E-state index contributed by atoms with van der Waals surface area (Å²) in [5.74, 6) is 0.787. The van der Waals surface area contributed by atoms with Gasteiger partial charge in [0.25, 0.3) is 0 Å². The molecule has 0 spiro atoms. The first-order valence-electron chi connectivity index (χ1n) is 11.2. The predicted octanol–water partition coefficient (Wildman–Crippen LogP) is 6.89. The molecule has 180 valence electrons. The minimum absolute atomic E-state index is 0.230. The lowest BCUT2D eigenvalue weighted by molar-refractivity contribution is -0.134. The van der Waals surface area contributed by atoms with Crippen LogP contribution in [-0.4, -0.2) is 10.9 Å². The number of phosphoric acid groups is 1. The number of esters is 1. The highest BCUT2D eigenvalue weighted by molar-refractivity contribution is 7.48. The van der Waals surface area contributed by atoms with Crippen molar-refractivity contribution in [2.24, 2.45) is 0 Å². The van der Waals surface area contributed by atoms with Crippen LogP contribution in [0.4, 0.5) is 0 Å². The molecule has 6 nitrogen and oxygen atoms in total. The number of hydrogen-bond donors (Lipinski definition) is 1. The van der Waals surface area contributed by atoms with E-state index >= 15 is 0 Å². The molecular weight excluding hydrogens is 451 g/mol. The van der Waals surface area contributed by atoms with Gasteiger partial charge < -0.3 is 13.8 Å². The van der Waals surface area contributed by atoms with E-state index in [1.807, 2.05) is 51.1 Å². The van der Waals surface area contributed by atoms with Gasteiger partial charge in [-0.25, -0.2) is 4.57 Å². The lowest BCUT2D eigenvalue weighted by Gasteiger charge is -2.26. The maximum atomic E-state index is 12.5. The predicted molar refractivity (Wildman–Crippen MR) is 133 cm³/mol. The summed E-state index contributed by atoms with van der Waals surface area (Å²) in [5.41, 5.74) is 3.51. The van der Waals surface area contributed by atoms with E-state index in [4.69, 9.17) is 13.8 Å². The Morgan fingerprint density at radius 2 is 1.29 bits per heavy atom. The smallest absolute Gasteiger partial charge is 0.427 e. The van der Waals surface area contributed by atoms with Gasteiger partial charge in [0, 0.05) is 11.8 Å². The van der Waals surface area contributed by atoms with Crippen LogP contribution in [0.3, 0.4) is 0 Å². The van der Waals surface area contributed by atoms with Crippen LogP contribution in [0.1, 0.15) is 55.9 Å². The summed E-state index contributed by atoms with van der Waals surface area (Å²) in [4.78, 5) is 21.9. The molecule has 0 bridgehead atoms. The van der Waals surface area contributed by atoms with Crippen LogP contribution in [0, 0.1) is 13.8 Å². The van der Waals surface area contributed by atoms with E-state index in [0.717, 1.165) is 28.7 Å². The Morgan fingerprint density at radius 3 is 1.79 bits per heavy atom. The molecule has 0 saturated carbocycles. The van der Waals surface area contributed by atoms with Crippen molar-refractivity contribution in [3.8, 4) is 17.2 Å². The highest BCUT2D eigenvalue weighted by atomic mass is 31.2. The number of phosphoric ester groups is 1. The molecular formula is C27H31O6P. The second kappa shape index (κ2) is 10.5. The number of carbonyl (C=O) groups is 1. The molecule has 1 atom stereocenters. The van der Waals surface area contributed by atoms with E-state index in [9.17, 15) is 14.3 Å². The van der Waals surface area contributed by atoms with Gasteiger partial charge in [0.2, 0.25) is 0 Å². The molecule has 34 heavy (non-hydrogen) atoms. The van der Waals surface area contributed by atoms with Crippen LogP contribution in [-0.2, 0) is 14.8 Å². The number of carbonyl (C=O) groups excluding carboxylic acids is 1. The van der Waals surface area contributed by atoms with Crippen molar-refractivity contribution in [1.29, 1.82) is 0 Å². The fourth-order valence-electron chi connectivity index (χ4n) is 3.70. The highest BCUT2D eigenvalue weighted by Gasteiger charge is 2.27. The first kappa shape index (κ1) is 25.5. The molecule has 3 rings (SSSR count).